The summed E-state index contributed by atoms with van der Waals surface area (Å²) in [6.07, 6.45) is 4.25. The average molecular weight is 350 g/mol. The van der Waals surface area contributed by atoms with Gasteiger partial charge < -0.3 is 15.2 Å². The van der Waals surface area contributed by atoms with Crippen LogP contribution in [0.15, 0.2) is 24.3 Å². The Morgan fingerprint density at radius 1 is 1.16 bits per heavy atom. The van der Waals surface area contributed by atoms with Crippen molar-refractivity contribution in [2.45, 2.75) is 50.2 Å². The van der Waals surface area contributed by atoms with Crippen molar-refractivity contribution in [2.75, 3.05) is 13.2 Å². The molecule has 2 aliphatic rings. The number of carbonyl (C=O) groups excluding carboxylic acids is 2. The summed E-state index contributed by atoms with van der Waals surface area (Å²) >= 11 is 0. The zero-order valence-corrected chi connectivity index (χ0v) is 14.0. The Labute approximate surface area is 146 Å². The van der Waals surface area contributed by atoms with E-state index in [-0.39, 0.29) is 24.9 Å². The molecule has 1 spiro atoms. The van der Waals surface area contributed by atoms with Crippen LogP contribution in [0.25, 0.3) is 0 Å². The lowest BCUT2D eigenvalue weighted by Gasteiger charge is -2.25. The smallest absolute Gasteiger partial charge is 0.325 e. The lowest BCUT2D eigenvalue weighted by Crippen LogP contribution is -2.47. The van der Waals surface area contributed by atoms with Crippen LogP contribution in [-0.2, 0) is 4.79 Å². The van der Waals surface area contributed by atoms with Gasteiger partial charge >= 0.3 is 6.03 Å². The summed E-state index contributed by atoms with van der Waals surface area (Å²) < 4.78 is 18.2. The molecule has 1 unspecified atom stereocenters. The number of β-amino-alcohol motifs (C(OH)–C–C–N with tert-alkyl or cyclic N) is 1. The molecule has 1 aliphatic heterocycles. The van der Waals surface area contributed by atoms with E-state index in [9.17, 15) is 19.1 Å². The van der Waals surface area contributed by atoms with E-state index in [1.54, 1.807) is 0 Å². The first-order chi connectivity index (χ1) is 12.0. The molecule has 0 aromatic heterocycles. The second-order valence-corrected chi connectivity index (χ2v) is 6.76. The predicted molar refractivity (Wildman–Crippen MR) is 88.6 cm³/mol. The molecule has 1 saturated heterocycles. The van der Waals surface area contributed by atoms with Crippen molar-refractivity contribution in [3.8, 4) is 5.75 Å². The predicted octanol–water partition coefficient (Wildman–Crippen LogP) is 2.21. The lowest BCUT2D eigenvalue weighted by atomic mass is 9.90. The summed E-state index contributed by atoms with van der Waals surface area (Å²) in [6.45, 7) is -0.205. The van der Waals surface area contributed by atoms with Crippen molar-refractivity contribution in [3.05, 3.63) is 30.1 Å². The van der Waals surface area contributed by atoms with Crippen LogP contribution < -0.4 is 10.1 Å². The van der Waals surface area contributed by atoms with Crippen molar-refractivity contribution < 1.29 is 23.8 Å². The third-order valence-electron chi connectivity index (χ3n) is 4.85. The van der Waals surface area contributed by atoms with Crippen LogP contribution >= 0.6 is 0 Å². The fourth-order valence-corrected chi connectivity index (χ4v) is 3.50. The van der Waals surface area contributed by atoms with E-state index in [1.807, 2.05) is 0 Å². The van der Waals surface area contributed by atoms with E-state index < -0.39 is 17.7 Å². The molecule has 0 radical (unpaired) electrons. The number of nitrogens with one attached hydrogen (secondary N) is 1. The monoisotopic (exact) mass is 350 g/mol. The Kier molecular flexibility index (Phi) is 5.22. The Bertz CT molecular complexity index is 626. The molecular weight excluding hydrogens is 327 g/mol. The number of hydrogen-bond acceptors (Lipinski definition) is 4. The standard InChI is InChI=1S/C18H23FN2O4/c19-13-5-7-15(8-6-13)25-12-14(22)11-21-16(23)18(20-17(21)24)9-3-1-2-4-10-18/h5-8,14,22H,1-4,9-12H2,(H,20,24). The molecule has 1 heterocycles. The third-order valence-corrected chi connectivity index (χ3v) is 4.85. The molecule has 136 valence electrons. The number of imide groups is 1. The van der Waals surface area contributed by atoms with Crippen LogP contribution in [-0.4, -0.2) is 46.7 Å². The van der Waals surface area contributed by atoms with Crippen molar-refractivity contribution in [1.29, 1.82) is 0 Å². The Hall–Kier alpha value is -2.15. The highest BCUT2D eigenvalue weighted by Crippen LogP contribution is 2.32. The maximum Gasteiger partial charge on any atom is 0.325 e. The molecule has 1 saturated carbocycles. The molecule has 7 heteroatoms. The average Bonchev–Trinajstić information content (AvgIpc) is 2.76. The molecular formula is C18H23FN2O4. The highest BCUT2D eigenvalue weighted by atomic mass is 19.1. The van der Waals surface area contributed by atoms with Gasteiger partial charge in [-0.1, -0.05) is 25.7 Å². The molecule has 1 atom stereocenters. The fraction of sp³-hybridized carbons (Fsp3) is 0.556. The second-order valence-electron chi connectivity index (χ2n) is 6.76. The molecule has 3 amide bonds. The lowest BCUT2D eigenvalue weighted by molar-refractivity contribution is -0.132. The van der Waals surface area contributed by atoms with E-state index in [4.69, 9.17) is 4.74 Å². The molecule has 2 N–H and O–H groups in total. The Morgan fingerprint density at radius 3 is 2.44 bits per heavy atom. The zero-order valence-electron chi connectivity index (χ0n) is 14.0. The number of aliphatic hydroxyl groups is 1. The summed E-state index contributed by atoms with van der Waals surface area (Å²) in [6, 6.07) is 4.98. The number of halogens is 1. The van der Waals surface area contributed by atoms with Gasteiger partial charge in [-0.05, 0) is 37.1 Å². The van der Waals surface area contributed by atoms with E-state index in [2.05, 4.69) is 5.32 Å². The number of hydrogen-bond donors (Lipinski definition) is 2. The quantitative estimate of drug-likeness (QED) is 0.798. The van der Waals surface area contributed by atoms with Crippen LogP contribution in [0.3, 0.4) is 0 Å². The number of ether oxygens (including phenoxy) is 1. The van der Waals surface area contributed by atoms with Gasteiger partial charge in [0.2, 0.25) is 0 Å². The Morgan fingerprint density at radius 2 is 1.80 bits per heavy atom. The van der Waals surface area contributed by atoms with Crippen LogP contribution in [0, 0.1) is 5.82 Å². The minimum absolute atomic E-state index is 0.0876. The molecule has 0 bridgehead atoms. The number of nitrogens with zero attached hydrogens (tertiary/aromatic N) is 1. The summed E-state index contributed by atoms with van der Waals surface area (Å²) in [5.41, 5.74) is -0.800. The van der Waals surface area contributed by atoms with E-state index in [0.29, 0.717) is 18.6 Å². The van der Waals surface area contributed by atoms with Crippen LogP contribution in [0.2, 0.25) is 0 Å². The normalized spacial score (nSPS) is 21.1. The van der Waals surface area contributed by atoms with Crippen molar-refractivity contribution in [2.24, 2.45) is 0 Å². The van der Waals surface area contributed by atoms with Gasteiger partial charge in [0.1, 0.15) is 29.8 Å². The Balaban J connectivity index is 1.57. The number of carbonyl (C=O) groups is 2. The molecule has 25 heavy (non-hydrogen) atoms. The fourth-order valence-electron chi connectivity index (χ4n) is 3.50. The van der Waals surface area contributed by atoms with Crippen molar-refractivity contribution >= 4 is 11.9 Å². The zero-order chi connectivity index (χ0) is 17.9. The summed E-state index contributed by atoms with van der Waals surface area (Å²) in [5.74, 6) is -0.209. The first kappa shape index (κ1) is 17.7. The summed E-state index contributed by atoms with van der Waals surface area (Å²) in [4.78, 5) is 26.0. The third kappa shape index (κ3) is 3.92. The van der Waals surface area contributed by atoms with Gasteiger partial charge in [-0.25, -0.2) is 9.18 Å². The van der Waals surface area contributed by atoms with E-state index >= 15 is 0 Å². The summed E-state index contributed by atoms with van der Waals surface area (Å²) in [7, 11) is 0. The first-order valence-electron chi connectivity index (χ1n) is 8.71. The number of rotatable bonds is 5. The minimum atomic E-state index is -1.01. The first-order valence-corrected chi connectivity index (χ1v) is 8.71. The number of urea groups is 1. The SMILES string of the molecule is O=C1NC2(CCCCCC2)C(=O)N1CC(O)COc1ccc(F)cc1. The molecule has 3 rings (SSSR count). The van der Waals surface area contributed by atoms with Gasteiger partial charge in [0.25, 0.3) is 5.91 Å². The topological polar surface area (TPSA) is 78.9 Å². The molecule has 1 aliphatic carbocycles. The maximum atomic E-state index is 12.9. The van der Waals surface area contributed by atoms with Gasteiger partial charge in [-0.2, -0.15) is 0 Å². The molecule has 1 aromatic rings. The van der Waals surface area contributed by atoms with Gasteiger partial charge in [0.15, 0.2) is 0 Å². The number of amides is 3. The van der Waals surface area contributed by atoms with Crippen LogP contribution in [0.4, 0.5) is 9.18 Å². The van der Waals surface area contributed by atoms with Gasteiger partial charge in [0.05, 0.1) is 6.54 Å². The minimum Gasteiger partial charge on any atom is -0.491 e. The summed E-state index contributed by atoms with van der Waals surface area (Å²) in [5, 5.41) is 13.0. The van der Waals surface area contributed by atoms with Crippen molar-refractivity contribution in [1.82, 2.24) is 10.2 Å². The molecule has 2 fully saturated rings. The second kappa shape index (κ2) is 7.39. The van der Waals surface area contributed by atoms with E-state index in [0.717, 1.165) is 30.6 Å². The maximum absolute atomic E-state index is 12.9. The van der Waals surface area contributed by atoms with Gasteiger partial charge in [-0.3, -0.25) is 9.69 Å². The highest BCUT2D eigenvalue weighted by Gasteiger charge is 2.50. The van der Waals surface area contributed by atoms with Crippen LogP contribution in [0.5, 0.6) is 5.75 Å². The molecule has 6 nitrogen and oxygen atoms in total. The van der Waals surface area contributed by atoms with E-state index in [1.165, 1.54) is 24.3 Å². The van der Waals surface area contributed by atoms with Gasteiger partial charge in [-0.15, -0.1) is 0 Å². The van der Waals surface area contributed by atoms with Gasteiger partial charge in [0, 0.05) is 0 Å². The molecule has 1 aromatic carbocycles. The number of benzene rings is 1. The highest BCUT2D eigenvalue weighted by molar-refractivity contribution is 6.07. The van der Waals surface area contributed by atoms with Crippen molar-refractivity contribution in [3.63, 3.8) is 0 Å². The van der Waals surface area contributed by atoms with Crippen LogP contribution in [0.1, 0.15) is 38.5 Å². The largest absolute Gasteiger partial charge is 0.491 e. The number of aliphatic hydroxyl groups excluding tert-OH is 1.